The summed E-state index contributed by atoms with van der Waals surface area (Å²) in [5.41, 5.74) is 0. The van der Waals surface area contributed by atoms with Gasteiger partial charge >= 0.3 is 0 Å². The van der Waals surface area contributed by atoms with E-state index in [0.717, 1.165) is 0 Å². The second kappa shape index (κ2) is 5.96. The van der Waals surface area contributed by atoms with Crippen LogP contribution in [0.15, 0.2) is 4.52 Å². The fourth-order valence-electron chi connectivity index (χ4n) is 1.66. The van der Waals surface area contributed by atoms with Crippen LogP contribution < -0.4 is 0 Å². The first-order valence-electron chi connectivity index (χ1n) is 5.60. The number of rotatable bonds is 6. The zero-order valence-electron chi connectivity index (χ0n) is 10.7. The lowest BCUT2D eigenvalue weighted by atomic mass is 10.2. The van der Waals surface area contributed by atoms with Crippen molar-refractivity contribution in [2.24, 2.45) is 0 Å². The number of ether oxygens (including phenoxy) is 1. The molecule has 0 aliphatic carbocycles. The van der Waals surface area contributed by atoms with E-state index in [2.05, 4.69) is 42.7 Å². The number of aromatic nitrogens is 2. The molecule has 0 N–H and O–H groups in total. The first-order valence-corrected chi connectivity index (χ1v) is 5.60. The Morgan fingerprint density at radius 3 is 2.38 bits per heavy atom. The first kappa shape index (κ1) is 13.1. The summed E-state index contributed by atoms with van der Waals surface area (Å²) < 4.78 is 10.1. The monoisotopic (exact) mass is 227 g/mol. The van der Waals surface area contributed by atoms with Gasteiger partial charge in [0.25, 0.3) is 0 Å². The minimum absolute atomic E-state index is 0.396. The fraction of sp³-hybridized carbons (Fsp3) is 0.818. The Bertz CT molecular complexity index is 302. The van der Waals surface area contributed by atoms with Crippen molar-refractivity contribution in [2.75, 3.05) is 7.11 Å². The SMILES string of the molecule is COCc1noc(CN(C(C)C)C(C)C)n1. The summed E-state index contributed by atoms with van der Waals surface area (Å²) in [7, 11) is 1.62. The molecule has 0 unspecified atom stereocenters. The third-order valence-corrected chi connectivity index (χ3v) is 2.43. The summed E-state index contributed by atoms with van der Waals surface area (Å²) >= 11 is 0. The van der Waals surface area contributed by atoms with Crippen molar-refractivity contribution in [3.63, 3.8) is 0 Å². The van der Waals surface area contributed by atoms with Gasteiger partial charge in [-0.25, -0.2) is 0 Å². The van der Waals surface area contributed by atoms with Gasteiger partial charge in [-0.1, -0.05) is 5.16 Å². The zero-order valence-corrected chi connectivity index (χ0v) is 10.7. The van der Waals surface area contributed by atoms with Gasteiger partial charge in [-0.2, -0.15) is 4.98 Å². The van der Waals surface area contributed by atoms with Crippen molar-refractivity contribution in [1.82, 2.24) is 15.0 Å². The van der Waals surface area contributed by atoms with Crippen molar-refractivity contribution in [2.45, 2.75) is 52.9 Å². The van der Waals surface area contributed by atoms with Crippen LogP contribution in [0, 0.1) is 0 Å². The minimum atomic E-state index is 0.396. The van der Waals surface area contributed by atoms with Crippen molar-refractivity contribution in [3.8, 4) is 0 Å². The van der Waals surface area contributed by atoms with Crippen molar-refractivity contribution in [3.05, 3.63) is 11.7 Å². The highest BCUT2D eigenvalue weighted by Gasteiger charge is 2.17. The maximum atomic E-state index is 5.17. The van der Waals surface area contributed by atoms with E-state index in [1.165, 1.54) is 0 Å². The van der Waals surface area contributed by atoms with Gasteiger partial charge in [-0.3, -0.25) is 4.90 Å². The molecule has 1 aromatic rings. The van der Waals surface area contributed by atoms with Crippen LogP contribution in [0.25, 0.3) is 0 Å². The lowest BCUT2D eigenvalue weighted by Gasteiger charge is -2.28. The van der Waals surface area contributed by atoms with Crippen LogP contribution in [0.5, 0.6) is 0 Å². The second-order valence-corrected chi connectivity index (χ2v) is 4.40. The molecule has 5 nitrogen and oxygen atoms in total. The summed E-state index contributed by atoms with van der Waals surface area (Å²) in [5.74, 6) is 1.25. The third kappa shape index (κ3) is 3.57. The maximum Gasteiger partial charge on any atom is 0.240 e. The van der Waals surface area contributed by atoms with Crippen LogP contribution >= 0.6 is 0 Å². The van der Waals surface area contributed by atoms with Gasteiger partial charge in [0.05, 0.1) is 6.54 Å². The van der Waals surface area contributed by atoms with Crippen LogP contribution in [0.3, 0.4) is 0 Å². The van der Waals surface area contributed by atoms with Crippen LogP contribution in [-0.4, -0.2) is 34.2 Å². The highest BCUT2D eigenvalue weighted by Crippen LogP contribution is 2.10. The number of methoxy groups -OCH3 is 1. The lowest BCUT2D eigenvalue weighted by molar-refractivity contribution is 0.144. The van der Waals surface area contributed by atoms with E-state index in [4.69, 9.17) is 9.26 Å². The average Bonchev–Trinajstić information content (AvgIpc) is 2.61. The van der Waals surface area contributed by atoms with E-state index in [0.29, 0.717) is 37.0 Å². The molecule has 0 aliphatic heterocycles. The van der Waals surface area contributed by atoms with E-state index >= 15 is 0 Å². The molecule has 1 heterocycles. The Labute approximate surface area is 96.8 Å². The predicted octanol–water partition coefficient (Wildman–Crippen LogP) is 1.83. The molecule has 0 radical (unpaired) electrons. The van der Waals surface area contributed by atoms with Gasteiger partial charge < -0.3 is 9.26 Å². The van der Waals surface area contributed by atoms with Gasteiger partial charge in [0.15, 0.2) is 5.82 Å². The topological polar surface area (TPSA) is 51.4 Å². The molecule has 92 valence electrons. The predicted molar refractivity (Wildman–Crippen MR) is 60.8 cm³/mol. The molecule has 5 heteroatoms. The van der Waals surface area contributed by atoms with Crippen molar-refractivity contribution >= 4 is 0 Å². The van der Waals surface area contributed by atoms with Crippen molar-refractivity contribution < 1.29 is 9.26 Å². The minimum Gasteiger partial charge on any atom is -0.377 e. The Morgan fingerprint density at radius 1 is 1.25 bits per heavy atom. The Balaban J connectivity index is 2.62. The molecule has 0 amide bonds. The molecule has 0 saturated carbocycles. The first-order chi connectivity index (χ1) is 7.54. The molecule has 0 fully saturated rings. The Morgan fingerprint density at radius 2 is 1.88 bits per heavy atom. The summed E-state index contributed by atoms with van der Waals surface area (Å²) in [6.45, 7) is 9.72. The van der Waals surface area contributed by atoms with E-state index in [-0.39, 0.29) is 0 Å². The highest BCUT2D eigenvalue weighted by molar-refractivity contribution is 4.85. The van der Waals surface area contributed by atoms with Crippen LogP contribution in [0.4, 0.5) is 0 Å². The largest absolute Gasteiger partial charge is 0.377 e. The number of nitrogens with zero attached hydrogens (tertiary/aromatic N) is 3. The lowest BCUT2D eigenvalue weighted by Crippen LogP contribution is -2.36. The van der Waals surface area contributed by atoms with Gasteiger partial charge in [0.1, 0.15) is 6.61 Å². The van der Waals surface area contributed by atoms with Crippen molar-refractivity contribution in [1.29, 1.82) is 0 Å². The van der Waals surface area contributed by atoms with Gasteiger partial charge in [-0.05, 0) is 27.7 Å². The molecular weight excluding hydrogens is 206 g/mol. The molecule has 16 heavy (non-hydrogen) atoms. The molecule has 0 bridgehead atoms. The summed E-state index contributed by atoms with van der Waals surface area (Å²) in [4.78, 5) is 6.56. The average molecular weight is 227 g/mol. The molecule has 1 aromatic heterocycles. The Hall–Kier alpha value is -0.940. The second-order valence-electron chi connectivity index (χ2n) is 4.40. The molecule has 0 aromatic carbocycles. The number of hydrogen-bond acceptors (Lipinski definition) is 5. The van der Waals surface area contributed by atoms with E-state index in [1.807, 2.05) is 0 Å². The molecule has 0 aliphatic rings. The van der Waals surface area contributed by atoms with E-state index < -0.39 is 0 Å². The number of hydrogen-bond donors (Lipinski definition) is 0. The zero-order chi connectivity index (χ0) is 12.1. The standard InChI is InChI=1S/C11H21N3O2/c1-8(2)14(9(3)4)6-11-12-10(7-15-5)13-16-11/h8-9H,6-7H2,1-5H3. The summed E-state index contributed by atoms with van der Waals surface area (Å²) in [6.07, 6.45) is 0. The third-order valence-electron chi connectivity index (χ3n) is 2.43. The summed E-state index contributed by atoms with van der Waals surface area (Å²) in [5, 5.41) is 3.84. The maximum absolute atomic E-state index is 5.17. The van der Waals surface area contributed by atoms with E-state index in [9.17, 15) is 0 Å². The normalized spacial score (nSPS) is 12.0. The van der Waals surface area contributed by atoms with Gasteiger partial charge in [-0.15, -0.1) is 0 Å². The molecule has 0 spiro atoms. The van der Waals surface area contributed by atoms with Gasteiger partial charge in [0.2, 0.25) is 5.89 Å². The van der Waals surface area contributed by atoms with Gasteiger partial charge in [0, 0.05) is 19.2 Å². The van der Waals surface area contributed by atoms with Crippen LogP contribution in [0.1, 0.15) is 39.4 Å². The van der Waals surface area contributed by atoms with Crippen LogP contribution in [0.2, 0.25) is 0 Å². The van der Waals surface area contributed by atoms with Crippen LogP contribution in [-0.2, 0) is 17.9 Å². The molecule has 1 rings (SSSR count). The highest BCUT2D eigenvalue weighted by atomic mass is 16.5. The summed E-state index contributed by atoms with van der Waals surface area (Å²) in [6, 6.07) is 0.913. The van der Waals surface area contributed by atoms with E-state index in [1.54, 1.807) is 7.11 Å². The molecular formula is C11H21N3O2. The fourth-order valence-corrected chi connectivity index (χ4v) is 1.66. The smallest absolute Gasteiger partial charge is 0.240 e. The quantitative estimate of drug-likeness (QED) is 0.742. The molecule has 0 atom stereocenters. The molecule has 0 saturated heterocycles. The Kier molecular flexibility index (Phi) is 4.89.